The molecule has 32 heavy (non-hydrogen) atoms. The van der Waals surface area contributed by atoms with Crippen molar-refractivity contribution in [3.05, 3.63) is 12.2 Å². The van der Waals surface area contributed by atoms with Gasteiger partial charge in [-0.05, 0) is 87.3 Å². The van der Waals surface area contributed by atoms with Crippen molar-refractivity contribution in [2.24, 2.45) is 17.3 Å². The molecule has 1 aliphatic rings. The van der Waals surface area contributed by atoms with Crippen molar-refractivity contribution in [2.75, 3.05) is 0 Å². The van der Waals surface area contributed by atoms with E-state index in [1.165, 1.54) is 19.3 Å². The second kappa shape index (κ2) is 13.9. The third-order valence-corrected chi connectivity index (χ3v) is 11.6. The van der Waals surface area contributed by atoms with Gasteiger partial charge in [-0.25, -0.2) is 0 Å². The topological polar surface area (TPSA) is 66.8 Å². The van der Waals surface area contributed by atoms with Crippen LogP contribution in [0.25, 0.3) is 0 Å². The minimum absolute atomic E-state index is 0.173. The third kappa shape index (κ3) is 10.1. The highest BCUT2D eigenvalue weighted by Crippen LogP contribution is 2.42. The smallest absolute Gasteiger partial charge is 0.303 e. The summed E-state index contributed by atoms with van der Waals surface area (Å²) in [4.78, 5) is 10.6. The molecule has 1 aliphatic carbocycles. The zero-order valence-electron chi connectivity index (χ0n) is 22.0. The van der Waals surface area contributed by atoms with Gasteiger partial charge in [0, 0.05) is 6.42 Å². The predicted octanol–water partition coefficient (Wildman–Crippen LogP) is 7.57. The molecular formula is C27H52O4Si. The largest absolute Gasteiger partial charge is 0.481 e. The number of carboxylic acid groups (broad SMARTS) is 1. The molecule has 0 aromatic heterocycles. The zero-order chi connectivity index (χ0) is 24.4. The van der Waals surface area contributed by atoms with Crippen LogP contribution in [-0.2, 0) is 9.22 Å². The Labute approximate surface area is 199 Å². The molecule has 0 radical (unpaired) electrons. The number of allylic oxidation sites excluding steroid dienone is 2. The molecular weight excluding hydrogens is 416 g/mol. The Kier molecular flexibility index (Phi) is 12.8. The van der Waals surface area contributed by atoms with Crippen LogP contribution in [0, 0.1) is 17.3 Å². The predicted molar refractivity (Wildman–Crippen MR) is 137 cm³/mol. The lowest BCUT2D eigenvalue weighted by atomic mass is 9.77. The molecule has 0 aromatic carbocycles. The zero-order valence-corrected chi connectivity index (χ0v) is 23.0. The van der Waals surface area contributed by atoms with Gasteiger partial charge < -0.3 is 14.6 Å². The number of unbranched alkanes of at least 4 members (excludes halogenated alkanes) is 2. The summed E-state index contributed by atoms with van der Waals surface area (Å²) >= 11 is 0. The highest BCUT2D eigenvalue weighted by Gasteiger charge is 2.39. The van der Waals surface area contributed by atoms with E-state index in [2.05, 4.69) is 59.9 Å². The molecule has 0 aromatic rings. The molecule has 0 aliphatic heterocycles. The van der Waals surface area contributed by atoms with E-state index in [-0.39, 0.29) is 24.0 Å². The van der Waals surface area contributed by atoms with Gasteiger partial charge in [0.15, 0.2) is 8.32 Å². The van der Waals surface area contributed by atoms with E-state index in [4.69, 9.17) is 9.53 Å². The van der Waals surface area contributed by atoms with Crippen molar-refractivity contribution >= 4 is 14.3 Å². The van der Waals surface area contributed by atoms with Crippen molar-refractivity contribution in [1.82, 2.24) is 0 Å². The van der Waals surface area contributed by atoms with Crippen molar-refractivity contribution in [1.29, 1.82) is 0 Å². The summed E-state index contributed by atoms with van der Waals surface area (Å²) in [6.07, 6.45) is 14.8. The van der Waals surface area contributed by atoms with E-state index in [1.807, 2.05) is 0 Å². The summed E-state index contributed by atoms with van der Waals surface area (Å²) in [5.74, 6) is 0.137. The Balaban J connectivity index is 2.74. The summed E-state index contributed by atoms with van der Waals surface area (Å²) in [7, 11) is -1.74. The van der Waals surface area contributed by atoms with Crippen LogP contribution in [0.1, 0.15) is 105 Å². The van der Waals surface area contributed by atoms with Gasteiger partial charge in [0.05, 0.1) is 12.2 Å². The Morgan fingerprint density at radius 2 is 1.88 bits per heavy atom. The lowest BCUT2D eigenvalue weighted by Crippen LogP contribution is -2.44. The molecule has 1 saturated carbocycles. The van der Waals surface area contributed by atoms with Crippen LogP contribution < -0.4 is 0 Å². The van der Waals surface area contributed by atoms with Crippen LogP contribution in [0.4, 0.5) is 0 Å². The Bertz CT molecular complexity index is 570. The first-order chi connectivity index (χ1) is 14.9. The summed E-state index contributed by atoms with van der Waals surface area (Å²) < 4.78 is 6.94. The minimum Gasteiger partial charge on any atom is -0.481 e. The Hall–Kier alpha value is -0.653. The highest BCUT2D eigenvalue weighted by atomic mass is 28.4. The number of aliphatic hydroxyl groups excluding tert-OH is 1. The molecule has 4 atom stereocenters. The highest BCUT2D eigenvalue weighted by molar-refractivity contribution is 6.72. The van der Waals surface area contributed by atoms with E-state index >= 15 is 0 Å². The van der Waals surface area contributed by atoms with Crippen LogP contribution >= 0.6 is 0 Å². The van der Waals surface area contributed by atoms with E-state index in [0.29, 0.717) is 23.8 Å². The van der Waals surface area contributed by atoms with Gasteiger partial charge in [0.1, 0.15) is 0 Å². The monoisotopic (exact) mass is 468 g/mol. The van der Waals surface area contributed by atoms with Crippen molar-refractivity contribution < 1.29 is 19.4 Å². The fourth-order valence-corrected chi connectivity index (χ4v) is 6.29. The van der Waals surface area contributed by atoms with E-state index in [1.54, 1.807) is 0 Å². The Morgan fingerprint density at radius 3 is 2.47 bits per heavy atom. The first-order valence-corrected chi connectivity index (χ1v) is 16.1. The number of carbonyl (C=O) groups is 1. The van der Waals surface area contributed by atoms with Gasteiger partial charge in [-0.1, -0.05) is 59.6 Å². The van der Waals surface area contributed by atoms with E-state index < -0.39 is 14.3 Å². The molecule has 0 spiro atoms. The number of hydrogen-bond acceptors (Lipinski definition) is 3. The molecule has 0 heterocycles. The number of aliphatic hydroxyl groups is 1. The molecule has 0 bridgehead atoms. The van der Waals surface area contributed by atoms with Crippen molar-refractivity contribution in [3.8, 4) is 0 Å². The number of rotatable bonds is 16. The second-order valence-corrected chi connectivity index (χ2v) is 16.2. The SMILES string of the molecule is CCCCC(C)(C)C(CCC1CC[C@@H](O)C1C/C=C\CCCC(=O)O)O[Si](C)(C)C(C)C. The minimum atomic E-state index is -1.74. The van der Waals surface area contributed by atoms with Gasteiger partial charge >= 0.3 is 5.97 Å². The van der Waals surface area contributed by atoms with Crippen molar-refractivity contribution in [2.45, 2.75) is 136 Å². The van der Waals surface area contributed by atoms with E-state index in [9.17, 15) is 9.90 Å². The van der Waals surface area contributed by atoms with Crippen molar-refractivity contribution in [3.63, 3.8) is 0 Å². The van der Waals surface area contributed by atoms with Crippen LogP contribution in [0.2, 0.25) is 18.6 Å². The molecule has 188 valence electrons. The molecule has 0 amide bonds. The number of aliphatic carboxylic acids is 1. The fraction of sp³-hybridized carbons (Fsp3) is 0.889. The summed E-state index contributed by atoms with van der Waals surface area (Å²) in [6, 6.07) is 0. The maximum atomic E-state index is 10.6. The molecule has 4 nitrogen and oxygen atoms in total. The fourth-order valence-electron chi connectivity index (χ4n) is 4.85. The average molecular weight is 469 g/mol. The first-order valence-electron chi connectivity index (χ1n) is 13.1. The molecule has 1 rings (SSSR count). The molecule has 0 saturated heterocycles. The number of carboxylic acids is 1. The summed E-state index contributed by atoms with van der Waals surface area (Å²) in [6.45, 7) is 16.4. The maximum absolute atomic E-state index is 10.6. The molecule has 5 heteroatoms. The Morgan fingerprint density at radius 1 is 1.19 bits per heavy atom. The lowest BCUT2D eigenvalue weighted by molar-refractivity contribution is -0.137. The normalized spacial score (nSPS) is 23.3. The van der Waals surface area contributed by atoms with Crippen LogP contribution in [0.5, 0.6) is 0 Å². The van der Waals surface area contributed by atoms with Crippen LogP contribution in [0.15, 0.2) is 12.2 Å². The standard InChI is InChI=1S/C27H52O4Si/c1-8-9-20-27(4,5)25(31-32(6,7)21(2)3)19-17-22-16-18-24(28)23(22)14-12-10-11-13-15-26(29)30/h10,12,21-25,28H,8-9,11,13-20H2,1-7H3,(H,29,30)/b12-10-/t22?,23?,24-,25?/m1/s1. The average Bonchev–Trinajstić information content (AvgIpc) is 3.05. The lowest BCUT2D eigenvalue weighted by Gasteiger charge is -2.42. The van der Waals surface area contributed by atoms with Gasteiger partial charge in [-0.2, -0.15) is 0 Å². The molecule has 3 unspecified atom stereocenters. The first kappa shape index (κ1) is 29.4. The van der Waals surface area contributed by atoms with Gasteiger partial charge in [0.2, 0.25) is 0 Å². The summed E-state index contributed by atoms with van der Waals surface area (Å²) in [5.41, 5.74) is 0.769. The molecule has 1 fully saturated rings. The van der Waals surface area contributed by atoms with E-state index in [0.717, 1.165) is 38.5 Å². The van der Waals surface area contributed by atoms with Crippen LogP contribution in [-0.4, -0.2) is 36.7 Å². The van der Waals surface area contributed by atoms with Gasteiger partial charge in [-0.15, -0.1) is 0 Å². The van der Waals surface area contributed by atoms with Crippen LogP contribution in [0.3, 0.4) is 0 Å². The summed E-state index contributed by atoms with van der Waals surface area (Å²) in [5, 5.41) is 19.4. The van der Waals surface area contributed by atoms with Gasteiger partial charge in [0.25, 0.3) is 0 Å². The molecule has 2 N–H and O–H groups in total. The number of hydrogen-bond donors (Lipinski definition) is 2. The van der Waals surface area contributed by atoms with Gasteiger partial charge in [-0.3, -0.25) is 4.79 Å². The maximum Gasteiger partial charge on any atom is 0.303 e. The second-order valence-electron chi connectivity index (χ2n) is 11.6. The quantitative estimate of drug-likeness (QED) is 0.139. The third-order valence-electron chi connectivity index (χ3n) is 7.95.